The van der Waals surface area contributed by atoms with Crippen molar-refractivity contribution in [2.45, 2.75) is 38.5 Å². The molecule has 1 rings (SSSR count). The van der Waals surface area contributed by atoms with Crippen LogP contribution in [0.2, 0.25) is 0 Å². The third-order valence-corrected chi connectivity index (χ3v) is 3.67. The average molecular weight is 311 g/mol. The van der Waals surface area contributed by atoms with Crippen LogP contribution in [0.4, 0.5) is 0 Å². The molecule has 3 N–H and O–H groups in total. The highest BCUT2D eigenvalue weighted by Crippen LogP contribution is 2.14. The Bertz CT molecular complexity index is 465. The zero-order chi connectivity index (χ0) is 16.6. The average Bonchev–Trinajstić information content (AvgIpc) is 2.57. The number of amides is 1. The first-order valence-corrected chi connectivity index (χ1v) is 7.28. The van der Waals surface area contributed by atoms with Gasteiger partial charge in [-0.1, -0.05) is 19.1 Å². The topological polar surface area (TPSA) is 88.0 Å². The van der Waals surface area contributed by atoms with E-state index >= 15 is 0 Å². The van der Waals surface area contributed by atoms with Gasteiger partial charge in [0.1, 0.15) is 11.9 Å². The van der Waals surface area contributed by atoms with E-state index in [0.29, 0.717) is 6.42 Å². The SMILES string of the molecule is CCC(CO)(CO)NC(=O)C(C)OCc1cccc(OC)c1. The third-order valence-electron chi connectivity index (χ3n) is 3.67. The molecule has 6 heteroatoms. The van der Waals surface area contributed by atoms with Crippen molar-refractivity contribution in [1.82, 2.24) is 5.32 Å². The molecule has 1 aromatic rings. The summed E-state index contributed by atoms with van der Waals surface area (Å²) in [6.07, 6.45) is -0.274. The lowest BCUT2D eigenvalue weighted by molar-refractivity contribution is -0.136. The van der Waals surface area contributed by atoms with Gasteiger partial charge in [0.2, 0.25) is 5.91 Å². The van der Waals surface area contributed by atoms with E-state index in [4.69, 9.17) is 9.47 Å². The highest BCUT2D eigenvalue weighted by atomic mass is 16.5. The molecule has 1 unspecified atom stereocenters. The lowest BCUT2D eigenvalue weighted by Crippen LogP contribution is -2.56. The fourth-order valence-electron chi connectivity index (χ4n) is 1.86. The van der Waals surface area contributed by atoms with Gasteiger partial charge in [-0.05, 0) is 31.0 Å². The van der Waals surface area contributed by atoms with E-state index < -0.39 is 11.6 Å². The van der Waals surface area contributed by atoms with Gasteiger partial charge in [-0.25, -0.2) is 0 Å². The summed E-state index contributed by atoms with van der Waals surface area (Å²) < 4.78 is 10.7. The quantitative estimate of drug-likeness (QED) is 0.629. The first kappa shape index (κ1) is 18.4. The summed E-state index contributed by atoms with van der Waals surface area (Å²) in [4.78, 5) is 12.1. The Balaban J connectivity index is 2.57. The first-order chi connectivity index (χ1) is 10.5. The number of aliphatic hydroxyl groups excluding tert-OH is 2. The van der Waals surface area contributed by atoms with Gasteiger partial charge in [0.05, 0.1) is 32.5 Å². The maximum Gasteiger partial charge on any atom is 0.249 e. The highest BCUT2D eigenvalue weighted by Gasteiger charge is 2.30. The van der Waals surface area contributed by atoms with Crippen LogP contribution < -0.4 is 10.1 Å². The molecule has 1 aromatic carbocycles. The van der Waals surface area contributed by atoms with Crippen LogP contribution in [0.25, 0.3) is 0 Å². The van der Waals surface area contributed by atoms with Crippen LogP contribution >= 0.6 is 0 Å². The van der Waals surface area contributed by atoms with E-state index in [9.17, 15) is 15.0 Å². The molecular weight excluding hydrogens is 286 g/mol. The minimum Gasteiger partial charge on any atom is -0.497 e. The van der Waals surface area contributed by atoms with Gasteiger partial charge in [-0.15, -0.1) is 0 Å². The Morgan fingerprint density at radius 2 is 2.05 bits per heavy atom. The van der Waals surface area contributed by atoms with Gasteiger partial charge in [0.15, 0.2) is 0 Å². The Hall–Kier alpha value is -1.63. The molecule has 6 nitrogen and oxygen atoms in total. The van der Waals surface area contributed by atoms with Crippen molar-refractivity contribution in [2.75, 3.05) is 20.3 Å². The molecule has 0 heterocycles. The predicted octanol–water partition coefficient (Wildman–Crippen LogP) is 0.850. The third kappa shape index (κ3) is 4.98. The smallest absolute Gasteiger partial charge is 0.249 e. The van der Waals surface area contributed by atoms with Crippen molar-refractivity contribution in [1.29, 1.82) is 0 Å². The number of carbonyl (C=O) groups excluding carboxylic acids is 1. The van der Waals surface area contributed by atoms with Gasteiger partial charge >= 0.3 is 0 Å². The molecule has 0 aliphatic rings. The van der Waals surface area contributed by atoms with Crippen LogP contribution in [0.15, 0.2) is 24.3 Å². The summed E-state index contributed by atoms with van der Waals surface area (Å²) in [5.74, 6) is 0.358. The van der Waals surface area contributed by atoms with Gasteiger partial charge in [-0.3, -0.25) is 4.79 Å². The number of hydrogen-bond acceptors (Lipinski definition) is 5. The van der Waals surface area contributed by atoms with E-state index in [-0.39, 0.29) is 25.7 Å². The molecule has 0 aromatic heterocycles. The Morgan fingerprint density at radius 1 is 1.36 bits per heavy atom. The molecule has 0 spiro atoms. The second kappa shape index (κ2) is 8.73. The van der Waals surface area contributed by atoms with E-state index in [1.165, 1.54) is 0 Å². The normalized spacial score (nSPS) is 12.8. The maximum atomic E-state index is 12.1. The zero-order valence-electron chi connectivity index (χ0n) is 13.3. The molecule has 22 heavy (non-hydrogen) atoms. The first-order valence-electron chi connectivity index (χ1n) is 7.28. The van der Waals surface area contributed by atoms with Crippen LogP contribution in [0.5, 0.6) is 5.75 Å². The molecule has 0 aliphatic heterocycles. The van der Waals surface area contributed by atoms with E-state index in [0.717, 1.165) is 11.3 Å². The van der Waals surface area contributed by atoms with Crippen molar-refractivity contribution < 1.29 is 24.5 Å². The number of benzene rings is 1. The van der Waals surface area contributed by atoms with Gasteiger partial charge < -0.3 is 25.0 Å². The lowest BCUT2D eigenvalue weighted by Gasteiger charge is -2.30. The van der Waals surface area contributed by atoms with Crippen molar-refractivity contribution in [3.05, 3.63) is 29.8 Å². The number of rotatable bonds is 9. The Kier molecular flexibility index (Phi) is 7.31. The van der Waals surface area contributed by atoms with Crippen molar-refractivity contribution in [2.24, 2.45) is 0 Å². The van der Waals surface area contributed by atoms with E-state index in [2.05, 4.69) is 5.32 Å². The lowest BCUT2D eigenvalue weighted by atomic mass is 9.98. The van der Waals surface area contributed by atoms with Gasteiger partial charge in [0.25, 0.3) is 0 Å². The number of methoxy groups -OCH3 is 1. The molecule has 1 atom stereocenters. The predicted molar refractivity (Wildman–Crippen MR) is 82.6 cm³/mol. The van der Waals surface area contributed by atoms with Crippen molar-refractivity contribution in [3.8, 4) is 5.75 Å². The molecule has 0 aliphatic carbocycles. The zero-order valence-corrected chi connectivity index (χ0v) is 13.3. The summed E-state index contributed by atoms with van der Waals surface area (Å²) in [7, 11) is 1.59. The van der Waals surface area contributed by atoms with Crippen LogP contribution in [-0.2, 0) is 16.1 Å². The molecule has 0 saturated carbocycles. The molecule has 0 saturated heterocycles. The molecule has 0 radical (unpaired) electrons. The fraction of sp³-hybridized carbons (Fsp3) is 0.562. The number of ether oxygens (including phenoxy) is 2. The molecule has 0 fully saturated rings. The van der Waals surface area contributed by atoms with Crippen LogP contribution in [0.3, 0.4) is 0 Å². The maximum absolute atomic E-state index is 12.1. The Labute approximate surface area is 131 Å². The molecule has 0 bridgehead atoms. The minimum atomic E-state index is -1.01. The summed E-state index contributed by atoms with van der Waals surface area (Å²) in [6, 6.07) is 7.40. The van der Waals surface area contributed by atoms with Gasteiger partial charge in [-0.2, -0.15) is 0 Å². The van der Waals surface area contributed by atoms with Crippen molar-refractivity contribution >= 4 is 5.91 Å². The standard InChI is InChI=1S/C16H25NO5/c1-4-16(10-18,11-19)17-15(20)12(2)22-9-13-6-5-7-14(8-13)21-3/h5-8,12,18-19H,4,9-11H2,1-3H3,(H,17,20). The number of hydrogen-bond donors (Lipinski definition) is 3. The van der Waals surface area contributed by atoms with Crippen molar-refractivity contribution in [3.63, 3.8) is 0 Å². The van der Waals surface area contributed by atoms with E-state index in [1.54, 1.807) is 21.0 Å². The van der Waals surface area contributed by atoms with Crippen LogP contribution in [0, 0.1) is 0 Å². The molecule has 1 amide bonds. The second-order valence-electron chi connectivity index (χ2n) is 5.24. The number of nitrogens with one attached hydrogen (secondary N) is 1. The second-order valence-corrected chi connectivity index (χ2v) is 5.24. The largest absolute Gasteiger partial charge is 0.497 e. The van der Waals surface area contributed by atoms with Crippen LogP contribution in [-0.4, -0.2) is 48.1 Å². The fourth-order valence-corrected chi connectivity index (χ4v) is 1.86. The van der Waals surface area contributed by atoms with E-state index in [1.807, 2.05) is 24.3 Å². The Morgan fingerprint density at radius 3 is 2.59 bits per heavy atom. The van der Waals surface area contributed by atoms with Gasteiger partial charge in [0, 0.05) is 0 Å². The highest BCUT2D eigenvalue weighted by molar-refractivity contribution is 5.81. The number of aliphatic hydroxyl groups is 2. The minimum absolute atomic E-state index is 0.267. The summed E-state index contributed by atoms with van der Waals surface area (Å²) in [5.41, 5.74) is -0.116. The van der Waals surface area contributed by atoms with Crippen LogP contribution in [0.1, 0.15) is 25.8 Å². The summed E-state index contributed by atoms with van der Waals surface area (Å²) in [5, 5.41) is 21.3. The molecular formula is C16H25NO5. The number of carbonyl (C=O) groups is 1. The monoisotopic (exact) mass is 311 g/mol. The summed E-state index contributed by atoms with van der Waals surface area (Å²) >= 11 is 0. The molecule has 124 valence electrons. The summed E-state index contributed by atoms with van der Waals surface area (Å²) in [6.45, 7) is 3.03.